The van der Waals surface area contributed by atoms with Gasteiger partial charge in [0, 0.05) is 32.7 Å². The topological polar surface area (TPSA) is 21.3 Å². The van der Waals surface area contributed by atoms with Crippen molar-refractivity contribution < 1.29 is 4.74 Å². The molecule has 0 atom stereocenters. The van der Waals surface area contributed by atoms with Crippen molar-refractivity contribution in [2.45, 2.75) is 13.1 Å². The summed E-state index contributed by atoms with van der Waals surface area (Å²) < 4.78 is 6.31. The van der Waals surface area contributed by atoms with Crippen LogP contribution in [0.25, 0.3) is 0 Å². The van der Waals surface area contributed by atoms with E-state index in [2.05, 4.69) is 38.8 Å². The molecule has 2 nitrogen and oxygen atoms in total. The molecular weight excluding hydrogens is 306 g/mol. The Morgan fingerprint density at radius 2 is 2.12 bits per heavy atom. The van der Waals surface area contributed by atoms with Gasteiger partial charge in [0.05, 0.1) is 7.11 Å². The van der Waals surface area contributed by atoms with Gasteiger partial charge in [0.15, 0.2) is 5.06 Å². The molecule has 16 heavy (non-hydrogen) atoms. The first-order valence-corrected chi connectivity index (χ1v) is 7.33. The second-order valence-electron chi connectivity index (χ2n) is 3.26. The maximum Gasteiger partial charge on any atom is 0.173 e. The summed E-state index contributed by atoms with van der Waals surface area (Å²) in [7, 11) is 1.70. The van der Waals surface area contributed by atoms with Crippen LogP contribution in [-0.2, 0) is 13.1 Å². The normalized spacial score (nSPS) is 10.6. The van der Waals surface area contributed by atoms with Gasteiger partial charge in [-0.2, -0.15) is 0 Å². The smallest absolute Gasteiger partial charge is 0.173 e. The largest absolute Gasteiger partial charge is 0.487 e. The Morgan fingerprint density at radius 1 is 1.31 bits per heavy atom. The van der Waals surface area contributed by atoms with Crippen LogP contribution in [0, 0.1) is 0 Å². The first-order valence-electron chi connectivity index (χ1n) is 4.84. The molecule has 2 rings (SSSR count). The number of ether oxygens (including phenoxy) is 1. The highest BCUT2D eigenvalue weighted by atomic mass is 79.9. The van der Waals surface area contributed by atoms with E-state index in [1.54, 1.807) is 29.8 Å². The predicted molar refractivity (Wildman–Crippen MR) is 73.4 cm³/mol. The molecule has 0 spiro atoms. The summed E-state index contributed by atoms with van der Waals surface area (Å²) in [6, 6.07) is 6.25. The van der Waals surface area contributed by atoms with E-state index in [0.717, 1.165) is 22.6 Å². The Morgan fingerprint density at radius 3 is 2.75 bits per heavy atom. The molecule has 0 aliphatic heterocycles. The van der Waals surface area contributed by atoms with Gasteiger partial charge >= 0.3 is 0 Å². The molecule has 0 unspecified atom stereocenters. The molecule has 0 amide bonds. The number of hydrogen-bond donors (Lipinski definition) is 1. The van der Waals surface area contributed by atoms with Crippen molar-refractivity contribution in [2.75, 3.05) is 7.11 Å². The van der Waals surface area contributed by atoms with Crippen LogP contribution in [0.5, 0.6) is 5.06 Å². The predicted octanol–water partition coefficient (Wildman–Crippen LogP) is 3.87. The van der Waals surface area contributed by atoms with Crippen LogP contribution in [0.1, 0.15) is 9.75 Å². The second-order valence-corrected chi connectivity index (χ2v) is 6.30. The van der Waals surface area contributed by atoms with Crippen molar-refractivity contribution in [1.82, 2.24) is 5.32 Å². The summed E-state index contributed by atoms with van der Waals surface area (Å²) in [5, 5.41) is 6.48. The Kier molecular flexibility index (Phi) is 4.40. The third-order valence-corrected chi connectivity index (χ3v) is 4.80. The number of nitrogens with one attached hydrogen (secondary N) is 1. The molecule has 0 aliphatic rings. The molecule has 0 bridgehead atoms. The molecule has 2 aromatic heterocycles. The number of thiophene rings is 2. The van der Waals surface area contributed by atoms with E-state index in [1.807, 2.05) is 6.07 Å². The van der Waals surface area contributed by atoms with Gasteiger partial charge in [0.25, 0.3) is 0 Å². The fourth-order valence-electron chi connectivity index (χ4n) is 1.32. The number of hydrogen-bond acceptors (Lipinski definition) is 4. The minimum atomic E-state index is 0.892. The lowest BCUT2D eigenvalue weighted by atomic mass is 10.4. The molecule has 2 aromatic rings. The van der Waals surface area contributed by atoms with Crippen LogP contribution < -0.4 is 10.1 Å². The lowest BCUT2D eigenvalue weighted by molar-refractivity contribution is 0.427. The van der Waals surface area contributed by atoms with E-state index in [1.165, 1.54) is 9.75 Å². The number of methoxy groups -OCH3 is 1. The van der Waals surface area contributed by atoms with Crippen LogP contribution in [0.3, 0.4) is 0 Å². The molecule has 0 radical (unpaired) electrons. The fourth-order valence-corrected chi connectivity index (χ4v) is 3.53. The summed E-state index contributed by atoms with van der Waals surface area (Å²) in [6.45, 7) is 1.81. The standard InChI is InChI=1S/C11H12BrNOS2/c1-14-11-3-2-9(16-11)5-13-6-10-4-8(12)7-15-10/h2-4,7,13H,5-6H2,1H3. The Hall–Kier alpha value is -0.360. The Bertz CT molecular complexity index is 452. The number of halogens is 1. The molecule has 5 heteroatoms. The van der Waals surface area contributed by atoms with Crippen molar-refractivity contribution in [1.29, 1.82) is 0 Å². The van der Waals surface area contributed by atoms with Gasteiger partial charge in [-0.25, -0.2) is 0 Å². The van der Waals surface area contributed by atoms with Gasteiger partial charge < -0.3 is 10.1 Å². The van der Waals surface area contributed by atoms with E-state index < -0.39 is 0 Å². The average Bonchev–Trinajstić information content (AvgIpc) is 2.88. The molecule has 0 fully saturated rings. The highest BCUT2D eigenvalue weighted by molar-refractivity contribution is 9.10. The second kappa shape index (κ2) is 5.82. The zero-order chi connectivity index (χ0) is 11.4. The number of rotatable bonds is 5. The molecule has 0 aliphatic carbocycles. The lowest BCUT2D eigenvalue weighted by Crippen LogP contribution is -2.10. The molecule has 1 N–H and O–H groups in total. The highest BCUT2D eigenvalue weighted by Gasteiger charge is 2.00. The lowest BCUT2D eigenvalue weighted by Gasteiger charge is -1.99. The minimum absolute atomic E-state index is 0.892. The van der Waals surface area contributed by atoms with Crippen LogP contribution in [-0.4, -0.2) is 7.11 Å². The van der Waals surface area contributed by atoms with Gasteiger partial charge in [0.2, 0.25) is 0 Å². The molecule has 0 saturated heterocycles. The summed E-state index contributed by atoms with van der Waals surface area (Å²) in [5.74, 6) is 0. The quantitative estimate of drug-likeness (QED) is 0.903. The highest BCUT2D eigenvalue weighted by Crippen LogP contribution is 2.24. The van der Waals surface area contributed by atoms with Crippen molar-refractivity contribution in [3.63, 3.8) is 0 Å². The van der Waals surface area contributed by atoms with Crippen molar-refractivity contribution in [3.8, 4) is 5.06 Å². The zero-order valence-corrected chi connectivity index (χ0v) is 12.0. The van der Waals surface area contributed by atoms with Crippen LogP contribution in [0.15, 0.2) is 28.1 Å². The molecule has 2 heterocycles. The maximum atomic E-state index is 5.15. The van der Waals surface area contributed by atoms with Crippen LogP contribution >= 0.6 is 38.6 Å². The minimum Gasteiger partial charge on any atom is -0.487 e. The Balaban J connectivity index is 1.79. The van der Waals surface area contributed by atoms with Crippen molar-refractivity contribution in [3.05, 3.63) is 37.8 Å². The Labute approximate surface area is 111 Å². The van der Waals surface area contributed by atoms with E-state index in [4.69, 9.17) is 4.74 Å². The third-order valence-electron chi connectivity index (χ3n) is 2.06. The summed E-state index contributed by atoms with van der Waals surface area (Å²) in [4.78, 5) is 2.64. The summed E-state index contributed by atoms with van der Waals surface area (Å²) in [6.07, 6.45) is 0. The fraction of sp³-hybridized carbons (Fsp3) is 0.273. The van der Waals surface area contributed by atoms with Crippen molar-refractivity contribution in [2.24, 2.45) is 0 Å². The summed E-state index contributed by atoms with van der Waals surface area (Å²) >= 11 is 6.90. The molecular formula is C11H12BrNOS2. The van der Waals surface area contributed by atoms with Crippen LogP contribution in [0.4, 0.5) is 0 Å². The average molecular weight is 318 g/mol. The van der Waals surface area contributed by atoms with E-state index in [0.29, 0.717) is 0 Å². The monoisotopic (exact) mass is 317 g/mol. The molecule has 0 aromatic carbocycles. The van der Waals surface area contributed by atoms with E-state index in [9.17, 15) is 0 Å². The van der Waals surface area contributed by atoms with Gasteiger partial charge in [-0.05, 0) is 34.1 Å². The maximum absolute atomic E-state index is 5.15. The van der Waals surface area contributed by atoms with Crippen molar-refractivity contribution >= 4 is 38.6 Å². The SMILES string of the molecule is COc1ccc(CNCc2cc(Br)cs2)s1. The first-order chi connectivity index (χ1) is 7.78. The summed E-state index contributed by atoms with van der Waals surface area (Å²) in [5.41, 5.74) is 0. The zero-order valence-electron chi connectivity index (χ0n) is 8.83. The third kappa shape index (κ3) is 3.31. The van der Waals surface area contributed by atoms with Gasteiger partial charge in [-0.1, -0.05) is 0 Å². The van der Waals surface area contributed by atoms with Gasteiger partial charge in [-0.3, -0.25) is 0 Å². The first kappa shape index (κ1) is 12.1. The van der Waals surface area contributed by atoms with Gasteiger partial charge in [-0.15, -0.1) is 22.7 Å². The van der Waals surface area contributed by atoms with Crippen LogP contribution in [0.2, 0.25) is 0 Å². The van der Waals surface area contributed by atoms with Gasteiger partial charge in [0.1, 0.15) is 0 Å². The van der Waals surface area contributed by atoms with E-state index >= 15 is 0 Å². The van der Waals surface area contributed by atoms with E-state index in [-0.39, 0.29) is 0 Å². The molecule has 0 saturated carbocycles. The molecule has 86 valence electrons.